The highest BCUT2D eigenvalue weighted by atomic mass is 35.5. The number of unbranched alkanes of at least 4 members (excludes halogenated alkanes) is 1. The maximum Gasteiger partial charge on any atom is 0.251 e. The lowest BCUT2D eigenvalue weighted by atomic mass is 10.2. The molecule has 0 aliphatic rings. The molecule has 0 atom stereocenters. The average molecular weight is 213 g/mol. The van der Waals surface area contributed by atoms with Gasteiger partial charge in [-0.3, -0.25) is 9.78 Å². The molecule has 1 heterocycles. The van der Waals surface area contributed by atoms with Crippen LogP contribution in [0.3, 0.4) is 0 Å². The molecular formula is C10H13ClN2O. The molecule has 1 aromatic heterocycles. The molecule has 0 bridgehead atoms. The van der Waals surface area contributed by atoms with Crippen molar-refractivity contribution < 1.29 is 4.79 Å². The minimum Gasteiger partial charge on any atom is -0.352 e. The van der Waals surface area contributed by atoms with E-state index >= 15 is 0 Å². The van der Waals surface area contributed by atoms with Crippen LogP contribution >= 0.6 is 11.6 Å². The van der Waals surface area contributed by atoms with E-state index in [1.165, 1.54) is 0 Å². The standard InChI is InChI=1S/C10H13ClN2O/c11-5-1-2-6-13-10(14)9-3-7-12-8-4-9/h3-4,7-8H,1-2,5-6H2,(H,13,14). The molecule has 3 nitrogen and oxygen atoms in total. The number of halogens is 1. The van der Waals surface area contributed by atoms with E-state index in [-0.39, 0.29) is 5.91 Å². The summed E-state index contributed by atoms with van der Waals surface area (Å²) in [6.45, 7) is 0.674. The SMILES string of the molecule is O=C(NCCCCCl)c1ccncc1. The summed E-state index contributed by atoms with van der Waals surface area (Å²) in [7, 11) is 0. The topological polar surface area (TPSA) is 42.0 Å². The number of alkyl halides is 1. The maximum absolute atomic E-state index is 11.4. The Morgan fingerprint density at radius 1 is 1.36 bits per heavy atom. The van der Waals surface area contributed by atoms with Gasteiger partial charge in [-0.15, -0.1) is 11.6 Å². The Bertz CT molecular complexity index is 277. The molecule has 0 aliphatic carbocycles. The molecule has 76 valence electrons. The van der Waals surface area contributed by atoms with Crippen molar-refractivity contribution >= 4 is 17.5 Å². The van der Waals surface area contributed by atoms with Crippen LogP contribution in [0.15, 0.2) is 24.5 Å². The van der Waals surface area contributed by atoms with E-state index < -0.39 is 0 Å². The second-order valence-electron chi connectivity index (χ2n) is 2.89. The van der Waals surface area contributed by atoms with Gasteiger partial charge in [-0.25, -0.2) is 0 Å². The zero-order valence-corrected chi connectivity index (χ0v) is 8.63. The van der Waals surface area contributed by atoms with Crippen LogP contribution in [0, 0.1) is 0 Å². The summed E-state index contributed by atoms with van der Waals surface area (Å²) in [5, 5.41) is 2.81. The summed E-state index contributed by atoms with van der Waals surface area (Å²) in [5.41, 5.74) is 0.644. The third-order valence-electron chi connectivity index (χ3n) is 1.79. The Balaban J connectivity index is 2.29. The number of nitrogens with one attached hydrogen (secondary N) is 1. The summed E-state index contributed by atoms with van der Waals surface area (Å²) < 4.78 is 0. The normalized spacial score (nSPS) is 9.79. The molecule has 0 fully saturated rings. The lowest BCUT2D eigenvalue weighted by molar-refractivity contribution is 0.0953. The number of carbonyl (C=O) groups excluding carboxylic acids is 1. The number of hydrogen-bond acceptors (Lipinski definition) is 2. The van der Waals surface area contributed by atoms with Crippen LogP contribution in [0.4, 0.5) is 0 Å². The van der Waals surface area contributed by atoms with E-state index in [1.807, 2.05) is 0 Å². The van der Waals surface area contributed by atoms with E-state index in [2.05, 4.69) is 10.3 Å². The second kappa shape index (κ2) is 6.38. The van der Waals surface area contributed by atoms with Crippen molar-refractivity contribution in [1.82, 2.24) is 10.3 Å². The van der Waals surface area contributed by atoms with Crippen LogP contribution < -0.4 is 5.32 Å². The summed E-state index contributed by atoms with van der Waals surface area (Å²) in [4.78, 5) is 15.3. The number of hydrogen-bond donors (Lipinski definition) is 1. The minimum atomic E-state index is -0.0537. The van der Waals surface area contributed by atoms with Crippen LogP contribution in [0.5, 0.6) is 0 Å². The Morgan fingerprint density at radius 2 is 2.07 bits per heavy atom. The highest BCUT2D eigenvalue weighted by Gasteiger charge is 2.02. The van der Waals surface area contributed by atoms with Crippen molar-refractivity contribution in [3.8, 4) is 0 Å². The number of rotatable bonds is 5. The maximum atomic E-state index is 11.4. The van der Waals surface area contributed by atoms with Gasteiger partial charge in [-0.2, -0.15) is 0 Å². The summed E-state index contributed by atoms with van der Waals surface area (Å²) in [6, 6.07) is 3.38. The minimum absolute atomic E-state index is 0.0537. The summed E-state index contributed by atoms with van der Waals surface area (Å²) in [5.74, 6) is 0.590. The van der Waals surface area contributed by atoms with Gasteiger partial charge in [-0.05, 0) is 25.0 Å². The van der Waals surface area contributed by atoms with Gasteiger partial charge in [0.05, 0.1) is 0 Å². The first kappa shape index (κ1) is 11.0. The van der Waals surface area contributed by atoms with Crippen LogP contribution in [0.25, 0.3) is 0 Å². The van der Waals surface area contributed by atoms with Crippen molar-refractivity contribution in [3.63, 3.8) is 0 Å². The molecule has 1 aromatic rings. The number of nitrogens with zero attached hydrogens (tertiary/aromatic N) is 1. The van der Waals surface area contributed by atoms with Crippen LogP contribution in [0.2, 0.25) is 0 Å². The second-order valence-corrected chi connectivity index (χ2v) is 3.27. The fourth-order valence-electron chi connectivity index (χ4n) is 1.03. The van der Waals surface area contributed by atoms with Gasteiger partial charge in [0.1, 0.15) is 0 Å². The summed E-state index contributed by atoms with van der Waals surface area (Å²) >= 11 is 5.51. The van der Waals surface area contributed by atoms with Crippen LogP contribution in [-0.4, -0.2) is 23.3 Å². The van der Waals surface area contributed by atoms with Crippen molar-refractivity contribution in [1.29, 1.82) is 0 Å². The largest absolute Gasteiger partial charge is 0.352 e. The van der Waals surface area contributed by atoms with E-state index in [9.17, 15) is 4.79 Å². The molecule has 1 rings (SSSR count). The lowest BCUT2D eigenvalue weighted by Crippen LogP contribution is -2.24. The van der Waals surface area contributed by atoms with Gasteiger partial charge >= 0.3 is 0 Å². The van der Waals surface area contributed by atoms with Gasteiger partial charge in [0, 0.05) is 30.4 Å². The van der Waals surface area contributed by atoms with Gasteiger partial charge < -0.3 is 5.32 Å². The number of aromatic nitrogens is 1. The first-order chi connectivity index (χ1) is 6.84. The molecule has 4 heteroatoms. The molecule has 0 saturated heterocycles. The Labute approximate surface area is 88.5 Å². The number of pyridine rings is 1. The third kappa shape index (κ3) is 3.75. The van der Waals surface area contributed by atoms with Gasteiger partial charge in [0.25, 0.3) is 5.91 Å². The smallest absolute Gasteiger partial charge is 0.251 e. The third-order valence-corrected chi connectivity index (χ3v) is 2.06. The van der Waals surface area contributed by atoms with E-state index in [0.717, 1.165) is 12.8 Å². The van der Waals surface area contributed by atoms with Gasteiger partial charge in [0.2, 0.25) is 0 Å². The molecule has 1 amide bonds. The zero-order valence-electron chi connectivity index (χ0n) is 7.87. The number of amides is 1. The van der Waals surface area contributed by atoms with Gasteiger partial charge in [0.15, 0.2) is 0 Å². The first-order valence-corrected chi connectivity index (χ1v) is 5.12. The van der Waals surface area contributed by atoms with Crippen LogP contribution in [0.1, 0.15) is 23.2 Å². The molecule has 0 aliphatic heterocycles. The molecule has 14 heavy (non-hydrogen) atoms. The molecule has 0 radical (unpaired) electrons. The Kier molecular flexibility index (Phi) is 5.00. The highest BCUT2D eigenvalue weighted by Crippen LogP contribution is 1.96. The van der Waals surface area contributed by atoms with Crippen molar-refractivity contribution in [3.05, 3.63) is 30.1 Å². The average Bonchev–Trinajstić information content (AvgIpc) is 2.25. The predicted octanol–water partition coefficient (Wildman–Crippen LogP) is 1.83. The zero-order chi connectivity index (χ0) is 10.2. The molecule has 0 saturated carbocycles. The van der Waals surface area contributed by atoms with Gasteiger partial charge in [-0.1, -0.05) is 0 Å². The van der Waals surface area contributed by atoms with E-state index in [1.54, 1.807) is 24.5 Å². The first-order valence-electron chi connectivity index (χ1n) is 4.59. The summed E-state index contributed by atoms with van der Waals surface area (Å²) in [6.07, 6.45) is 5.06. The molecule has 0 spiro atoms. The fourth-order valence-corrected chi connectivity index (χ4v) is 1.22. The van der Waals surface area contributed by atoms with Crippen molar-refractivity contribution in [2.24, 2.45) is 0 Å². The Morgan fingerprint density at radius 3 is 2.71 bits per heavy atom. The van der Waals surface area contributed by atoms with E-state index in [0.29, 0.717) is 18.0 Å². The quantitative estimate of drug-likeness (QED) is 0.598. The monoisotopic (exact) mass is 212 g/mol. The highest BCUT2D eigenvalue weighted by molar-refractivity contribution is 6.17. The Hall–Kier alpha value is -1.09. The van der Waals surface area contributed by atoms with Crippen molar-refractivity contribution in [2.75, 3.05) is 12.4 Å². The van der Waals surface area contributed by atoms with Crippen molar-refractivity contribution in [2.45, 2.75) is 12.8 Å². The van der Waals surface area contributed by atoms with Crippen LogP contribution in [-0.2, 0) is 0 Å². The molecule has 0 unspecified atom stereocenters. The molecule has 0 aromatic carbocycles. The molecule has 1 N–H and O–H groups in total. The molecular weight excluding hydrogens is 200 g/mol. The fraction of sp³-hybridized carbons (Fsp3) is 0.400. The predicted molar refractivity (Wildman–Crippen MR) is 56.5 cm³/mol. The van der Waals surface area contributed by atoms with E-state index in [4.69, 9.17) is 11.6 Å². The number of carbonyl (C=O) groups is 1. The lowest BCUT2D eigenvalue weighted by Gasteiger charge is -2.03.